The number of guanidine groups is 1. The molecule has 0 heterocycles. The van der Waals surface area contributed by atoms with Gasteiger partial charge in [0.1, 0.15) is 0 Å². The zero-order chi connectivity index (χ0) is 16.1. The van der Waals surface area contributed by atoms with Crippen molar-refractivity contribution in [3.05, 3.63) is 28.2 Å². The van der Waals surface area contributed by atoms with Gasteiger partial charge in [0.2, 0.25) is 5.91 Å². The lowest BCUT2D eigenvalue weighted by Gasteiger charge is -2.12. The molecule has 1 saturated carbocycles. The van der Waals surface area contributed by atoms with Gasteiger partial charge in [0.15, 0.2) is 5.96 Å². The van der Waals surface area contributed by atoms with E-state index in [2.05, 4.69) is 43.8 Å². The topological polar surface area (TPSA) is 65.5 Å². The van der Waals surface area contributed by atoms with Gasteiger partial charge in [-0.25, -0.2) is 0 Å². The average Bonchev–Trinajstić information content (AvgIpc) is 3.17. The molecule has 0 aliphatic heterocycles. The van der Waals surface area contributed by atoms with Gasteiger partial charge < -0.3 is 16.0 Å². The van der Waals surface area contributed by atoms with Gasteiger partial charge in [-0.15, -0.1) is 0 Å². The number of nitrogens with one attached hydrogen (secondary N) is 3. The van der Waals surface area contributed by atoms with E-state index in [0.717, 1.165) is 21.7 Å². The number of halogens is 1. The van der Waals surface area contributed by atoms with Crippen molar-refractivity contribution in [1.29, 1.82) is 0 Å². The van der Waals surface area contributed by atoms with Crippen LogP contribution in [-0.4, -0.2) is 31.5 Å². The zero-order valence-corrected chi connectivity index (χ0v) is 14.8. The molecule has 1 aromatic rings. The number of aliphatic imine (C=N–C) groups is 1. The Hall–Kier alpha value is -1.56. The van der Waals surface area contributed by atoms with E-state index < -0.39 is 0 Å². The molecule has 0 saturated heterocycles. The molecule has 2 rings (SSSR count). The Morgan fingerprint density at radius 3 is 2.82 bits per heavy atom. The Balaban J connectivity index is 1.74. The highest BCUT2D eigenvalue weighted by molar-refractivity contribution is 9.10. The molecule has 120 valence electrons. The molecule has 1 aliphatic rings. The third-order valence-electron chi connectivity index (χ3n) is 3.77. The third kappa shape index (κ3) is 5.02. The average molecular weight is 367 g/mol. The Morgan fingerprint density at radius 1 is 1.45 bits per heavy atom. The fourth-order valence-corrected chi connectivity index (χ4v) is 2.49. The Kier molecular flexibility index (Phi) is 5.83. The summed E-state index contributed by atoms with van der Waals surface area (Å²) >= 11 is 3.41. The molecular weight excluding hydrogens is 344 g/mol. The maximum atomic E-state index is 12.0. The molecule has 0 radical (unpaired) electrons. The SMILES string of the molecule is CN=C(NCCC(=O)Nc1cc(Br)ccc1C)NC1CC1C. The highest BCUT2D eigenvalue weighted by atomic mass is 79.9. The molecule has 1 aromatic carbocycles. The summed E-state index contributed by atoms with van der Waals surface area (Å²) < 4.78 is 0.953. The molecule has 2 atom stereocenters. The lowest BCUT2D eigenvalue weighted by atomic mass is 10.2. The molecule has 3 N–H and O–H groups in total. The summed E-state index contributed by atoms with van der Waals surface area (Å²) in [6.07, 6.45) is 1.58. The summed E-state index contributed by atoms with van der Waals surface area (Å²) in [5, 5.41) is 9.44. The van der Waals surface area contributed by atoms with Gasteiger partial charge in [0.05, 0.1) is 0 Å². The maximum Gasteiger partial charge on any atom is 0.226 e. The van der Waals surface area contributed by atoms with Crippen LogP contribution in [0.15, 0.2) is 27.7 Å². The fourth-order valence-electron chi connectivity index (χ4n) is 2.13. The van der Waals surface area contributed by atoms with Crippen molar-refractivity contribution in [1.82, 2.24) is 10.6 Å². The molecule has 1 aliphatic carbocycles. The van der Waals surface area contributed by atoms with E-state index in [1.165, 1.54) is 6.42 Å². The van der Waals surface area contributed by atoms with E-state index in [4.69, 9.17) is 0 Å². The predicted molar refractivity (Wildman–Crippen MR) is 94.2 cm³/mol. The number of benzene rings is 1. The standard InChI is InChI=1S/C16H23BrN4O/c1-10-4-5-12(17)9-14(10)20-15(22)6-7-19-16(18-3)21-13-8-11(13)2/h4-5,9,11,13H,6-8H2,1-3H3,(H,20,22)(H2,18,19,21). The van der Waals surface area contributed by atoms with E-state index >= 15 is 0 Å². The van der Waals surface area contributed by atoms with Gasteiger partial charge >= 0.3 is 0 Å². The summed E-state index contributed by atoms with van der Waals surface area (Å²) in [5.41, 5.74) is 1.89. The lowest BCUT2D eigenvalue weighted by molar-refractivity contribution is -0.116. The van der Waals surface area contributed by atoms with E-state index in [-0.39, 0.29) is 5.91 Å². The van der Waals surface area contributed by atoms with Crippen LogP contribution < -0.4 is 16.0 Å². The number of hydrogen-bond acceptors (Lipinski definition) is 2. The van der Waals surface area contributed by atoms with Gasteiger partial charge in [-0.1, -0.05) is 28.9 Å². The number of rotatable bonds is 5. The molecule has 5 nitrogen and oxygen atoms in total. The first-order chi connectivity index (χ1) is 10.5. The number of carbonyl (C=O) groups excluding carboxylic acids is 1. The van der Waals surface area contributed by atoms with Crippen LogP contribution in [-0.2, 0) is 4.79 Å². The first kappa shape index (κ1) is 16.8. The van der Waals surface area contributed by atoms with Crippen LogP contribution in [0.2, 0.25) is 0 Å². The summed E-state index contributed by atoms with van der Waals surface area (Å²) in [6.45, 7) is 4.74. The largest absolute Gasteiger partial charge is 0.356 e. The van der Waals surface area contributed by atoms with Crippen LogP contribution in [0.1, 0.15) is 25.3 Å². The second kappa shape index (κ2) is 7.63. The van der Waals surface area contributed by atoms with Crippen molar-refractivity contribution in [2.75, 3.05) is 18.9 Å². The van der Waals surface area contributed by atoms with Crippen LogP contribution in [0.5, 0.6) is 0 Å². The van der Waals surface area contributed by atoms with Crippen LogP contribution in [0.4, 0.5) is 5.69 Å². The second-order valence-corrected chi connectivity index (χ2v) is 6.64. The van der Waals surface area contributed by atoms with Crippen LogP contribution >= 0.6 is 15.9 Å². The van der Waals surface area contributed by atoms with Crippen molar-refractivity contribution >= 4 is 33.5 Å². The fraction of sp³-hybridized carbons (Fsp3) is 0.500. The minimum Gasteiger partial charge on any atom is -0.356 e. The minimum absolute atomic E-state index is 0.0102. The summed E-state index contributed by atoms with van der Waals surface area (Å²) in [7, 11) is 1.74. The van der Waals surface area contributed by atoms with E-state index in [1.54, 1.807) is 7.05 Å². The molecular formula is C16H23BrN4O. The normalized spacial score (nSPS) is 20.5. The quantitative estimate of drug-likeness (QED) is 0.554. The van der Waals surface area contributed by atoms with Gasteiger partial charge in [0, 0.05) is 36.2 Å². The molecule has 2 unspecified atom stereocenters. The van der Waals surface area contributed by atoms with Crippen molar-refractivity contribution < 1.29 is 4.79 Å². The number of carbonyl (C=O) groups is 1. The number of hydrogen-bond donors (Lipinski definition) is 3. The molecule has 0 bridgehead atoms. The summed E-state index contributed by atoms with van der Waals surface area (Å²) in [5.74, 6) is 1.46. The lowest BCUT2D eigenvalue weighted by Crippen LogP contribution is -2.40. The Labute approximate surface area is 140 Å². The van der Waals surface area contributed by atoms with Gasteiger partial charge in [-0.05, 0) is 37.0 Å². The first-order valence-corrected chi connectivity index (χ1v) is 8.32. The minimum atomic E-state index is -0.0102. The molecule has 6 heteroatoms. The van der Waals surface area contributed by atoms with Gasteiger partial charge in [-0.2, -0.15) is 0 Å². The first-order valence-electron chi connectivity index (χ1n) is 7.52. The number of nitrogens with zero attached hydrogens (tertiary/aromatic N) is 1. The predicted octanol–water partition coefficient (Wildman–Crippen LogP) is 2.66. The highest BCUT2D eigenvalue weighted by Gasteiger charge is 2.33. The third-order valence-corrected chi connectivity index (χ3v) is 4.27. The van der Waals surface area contributed by atoms with Crippen LogP contribution in [0, 0.1) is 12.8 Å². The molecule has 1 fully saturated rings. The monoisotopic (exact) mass is 366 g/mol. The smallest absolute Gasteiger partial charge is 0.226 e. The highest BCUT2D eigenvalue weighted by Crippen LogP contribution is 2.28. The Morgan fingerprint density at radius 2 is 2.18 bits per heavy atom. The second-order valence-electron chi connectivity index (χ2n) is 5.72. The van der Waals surface area contributed by atoms with Gasteiger partial charge in [0.25, 0.3) is 0 Å². The number of anilines is 1. The molecule has 1 amide bonds. The summed E-state index contributed by atoms with van der Waals surface area (Å²) in [6, 6.07) is 6.36. The summed E-state index contributed by atoms with van der Waals surface area (Å²) in [4.78, 5) is 16.2. The van der Waals surface area contributed by atoms with E-state index in [1.807, 2.05) is 25.1 Å². The molecule has 0 aromatic heterocycles. The van der Waals surface area contributed by atoms with Crippen molar-refractivity contribution in [3.8, 4) is 0 Å². The molecule has 0 spiro atoms. The molecule has 22 heavy (non-hydrogen) atoms. The van der Waals surface area contributed by atoms with Crippen molar-refractivity contribution in [2.24, 2.45) is 10.9 Å². The van der Waals surface area contributed by atoms with Gasteiger partial charge in [-0.3, -0.25) is 9.79 Å². The van der Waals surface area contributed by atoms with Crippen LogP contribution in [0.25, 0.3) is 0 Å². The van der Waals surface area contributed by atoms with Crippen molar-refractivity contribution in [3.63, 3.8) is 0 Å². The van der Waals surface area contributed by atoms with E-state index in [9.17, 15) is 4.79 Å². The number of amides is 1. The Bertz CT molecular complexity index is 573. The van der Waals surface area contributed by atoms with Crippen molar-refractivity contribution in [2.45, 2.75) is 32.7 Å². The maximum absolute atomic E-state index is 12.0. The zero-order valence-electron chi connectivity index (χ0n) is 13.2. The van der Waals surface area contributed by atoms with E-state index in [0.29, 0.717) is 24.9 Å². The van der Waals surface area contributed by atoms with Crippen LogP contribution in [0.3, 0.4) is 0 Å². The number of aryl methyl sites for hydroxylation is 1.